The molecule has 7 nitrogen and oxygen atoms in total. The van der Waals surface area contributed by atoms with Crippen molar-refractivity contribution in [2.75, 3.05) is 25.0 Å². The second-order valence-electron chi connectivity index (χ2n) is 6.00. The Hall–Kier alpha value is -2.96. The first kappa shape index (κ1) is 19.4. The van der Waals surface area contributed by atoms with Crippen molar-refractivity contribution in [3.05, 3.63) is 75.5 Å². The zero-order valence-electron chi connectivity index (χ0n) is 14.8. The van der Waals surface area contributed by atoms with E-state index in [0.717, 1.165) is 23.2 Å². The Morgan fingerprint density at radius 2 is 1.65 bits per heavy atom. The van der Waals surface area contributed by atoms with Crippen LogP contribution in [0.1, 0.15) is 24.1 Å². The lowest BCUT2D eigenvalue weighted by molar-refractivity contribution is 0.704. The van der Waals surface area contributed by atoms with Crippen molar-refractivity contribution in [2.45, 2.75) is 25.4 Å². The molecule has 0 aliphatic heterocycles. The van der Waals surface area contributed by atoms with E-state index in [0.29, 0.717) is 19.6 Å². The molecule has 0 fully saturated rings. The van der Waals surface area contributed by atoms with Crippen LogP contribution in [0.4, 0.5) is 5.69 Å². The Morgan fingerprint density at radius 3 is 2.31 bits per heavy atom. The Balaban J connectivity index is 1.78. The maximum Gasteiger partial charge on any atom is 0.134 e. The number of benzene rings is 2. The van der Waals surface area contributed by atoms with Gasteiger partial charge in [0.2, 0.25) is 0 Å². The Kier molecular flexibility index (Phi) is 8.05. The highest BCUT2D eigenvalue weighted by Crippen LogP contribution is 2.18. The van der Waals surface area contributed by atoms with Crippen molar-refractivity contribution in [2.24, 2.45) is 20.6 Å². The summed E-state index contributed by atoms with van der Waals surface area (Å²) in [6.07, 6.45) is 0.773. The van der Waals surface area contributed by atoms with Crippen LogP contribution in [0.3, 0.4) is 0 Å². The van der Waals surface area contributed by atoms with Gasteiger partial charge in [0.15, 0.2) is 0 Å². The van der Waals surface area contributed by atoms with E-state index < -0.39 is 6.04 Å². The summed E-state index contributed by atoms with van der Waals surface area (Å²) in [7, 11) is 0. The molecule has 0 saturated carbocycles. The van der Waals surface area contributed by atoms with Crippen LogP contribution in [0.25, 0.3) is 0 Å². The van der Waals surface area contributed by atoms with Crippen LogP contribution in [0.5, 0.6) is 0 Å². The smallest absolute Gasteiger partial charge is 0.134 e. The minimum atomic E-state index is -0.417. The number of nitroso groups, excluding NO2 is 2. The Bertz CT molecular complexity index is 704. The van der Waals surface area contributed by atoms with Gasteiger partial charge in [0.05, 0.1) is 13.1 Å². The van der Waals surface area contributed by atoms with Crippen LogP contribution in [0.2, 0.25) is 0 Å². The molecule has 0 heterocycles. The summed E-state index contributed by atoms with van der Waals surface area (Å²) in [5, 5.41) is 17.3. The molecule has 1 N–H and O–H groups in total. The van der Waals surface area contributed by atoms with E-state index in [4.69, 9.17) is 0 Å². The summed E-state index contributed by atoms with van der Waals surface area (Å²) in [4.78, 5) is 21.3. The summed E-state index contributed by atoms with van der Waals surface area (Å²) in [5.74, 6) is 0. The van der Waals surface area contributed by atoms with E-state index in [2.05, 4.69) is 25.9 Å². The topological polar surface area (TPSA) is 95.6 Å². The van der Waals surface area contributed by atoms with Gasteiger partial charge in [-0.15, -0.1) is 0 Å². The molecule has 0 aliphatic carbocycles. The number of anilines is 1. The summed E-state index contributed by atoms with van der Waals surface area (Å²) < 4.78 is 0. The third-order valence-corrected chi connectivity index (χ3v) is 3.89. The third kappa shape index (κ3) is 6.51. The van der Waals surface area contributed by atoms with Gasteiger partial charge < -0.3 is 5.32 Å². The lowest BCUT2D eigenvalue weighted by Crippen LogP contribution is -2.10. The van der Waals surface area contributed by atoms with Crippen molar-refractivity contribution < 1.29 is 0 Å². The van der Waals surface area contributed by atoms with Gasteiger partial charge in [0.1, 0.15) is 12.1 Å². The Labute approximate surface area is 152 Å². The first-order valence-electron chi connectivity index (χ1n) is 8.59. The van der Waals surface area contributed by atoms with Gasteiger partial charge in [-0.25, -0.2) is 0 Å². The van der Waals surface area contributed by atoms with Crippen LogP contribution >= 0.6 is 0 Å². The van der Waals surface area contributed by atoms with Gasteiger partial charge in [-0.2, -0.15) is 20.0 Å². The van der Waals surface area contributed by atoms with Crippen LogP contribution in [-0.4, -0.2) is 25.7 Å². The van der Waals surface area contributed by atoms with Gasteiger partial charge in [0.25, 0.3) is 0 Å². The molecule has 0 aliphatic rings. The molecule has 7 heteroatoms. The molecular formula is C19H23N5O2. The molecule has 0 bridgehead atoms. The quantitative estimate of drug-likeness (QED) is 0.466. The molecule has 0 radical (unpaired) electrons. The van der Waals surface area contributed by atoms with Gasteiger partial charge in [-0.05, 0) is 36.6 Å². The van der Waals surface area contributed by atoms with Gasteiger partial charge >= 0.3 is 0 Å². The minimum Gasteiger partial charge on any atom is -0.382 e. The summed E-state index contributed by atoms with van der Waals surface area (Å²) in [6.45, 7) is 3.06. The molecule has 2 rings (SSSR count). The zero-order valence-corrected chi connectivity index (χ0v) is 14.8. The van der Waals surface area contributed by atoms with Crippen LogP contribution in [0.15, 0.2) is 75.2 Å². The van der Waals surface area contributed by atoms with Crippen molar-refractivity contribution >= 4 is 5.69 Å². The van der Waals surface area contributed by atoms with Gasteiger partial charge in [-0.3, -0.25) is 0 Å². The second-order valence-corrected chi connectivity index (χ2v) is 6.00. The number of hydrogen-bond acceptors (Lipinski definition) is 7. The number of azo groups is 1. The molecular weight excluding hydrogens is 330 g/mol. The third-order valence-electron chi connectivity index (χ3n) is 3.89. The SMILES string of the molecule is CC(CN=NCCc1ccc(NCC(N=O)c2ccccc2)cc1)N=O. The summed E-state index contributed by atoms with van der Waals surface area (Å²) in [5.41, 5.74) is 2.98. The van der Waals surface area contributed by atoms with E-state index in [-0.39, 0.29) is 6.04 Å². The number of nitrogens with one attached hydrogen (secondary N) is 1. The van der Waals surface area contributed by atoms with Gasteiger partial charge in [0, 0.05) is 12.2 Å². The molecule has 2 unspecified atom stereocenters. The number of nitrogens with zero attached hydrogens (tertiary/aromatic N) is 4. The van der Waals surface area contributed by atoms with Crippen molar-refractivity contribution in [1.29, 1.82) is 0 Å². The molecule has 2 aromatic rings. The predicted molar refractivity (Wildman–Crippen MR) is 103 cm³/mol. The molecule has 0 amide bonds. The van der Waals surface area contributed by atoms with E-state index in [9.17, 15) is 9.81 Å². The van der Waals surface area contributed by atoms with E-state index in [1.165, 1.54) is 0 Å². The minimum absolute atomic E-state index is 0.329. The van der Waals surface area contributed by atoms with Gasteiger partial charge in [-0.1, -0.05) is 52.8 Å². The molecule has 0 spiro atoms. The highest BCUT2D eigenvalue weighted by molar-refractivity contribution is 5.45. The lowest BCUT2D eigenvalue weighted by Gasteiger charge is -2.12. The average molecular weight is 353 g/mol. The number of rotatable bonds is 11. The maximum absolute atomic E-state index is 11.1. The maximum atomic E-state index is 11.1. The fourth-order valence-electron chi connectivity index (χ4n) is 2.35. The van der Waals surface area contributed by atoms with E-state index in [1.54, 1.807) is 6.92 Å². The van der Waals surface area contributed by atoms with Crippen molar-refractivity contribution in [1.82, 2.24) is 0 Å². The van der Waals surface area contributed by atoms with E-state index in [1.807, 2.05) is 54.6 Å². The Morgan fingerprint density at radius 1 is 0.923 bits per heavy atom. The van der Waals surface area contributed by atoms with Crippen LogP contribution in [-0.2, 0) is 6.42 Å². The largest absolute Gasteiger partial charge is 0.382 e. The molecule has 0 aromatic heterocycles. The summed E-state index contributed by atoms with van der Waals surface area (Å²) >= 11 is 0. The fourth-order valence-corrected chi connectivity index (χ4v) is 2.35. The molecule has 26 heavy (non-hydrogen) atoms. The molecule has 2 aromatic carbocycles. The van der Waals surface area contributed by atoms with Crippen LogP contribution < -0.4 is 5.32 Å². The van der Waals surface area contributed by atoms with Crippen LogP contribution in [0, 0.1) is 9.81 Å². The first-order valence-corrected chi connectivity index (χ1v) is 8.59. The average Bonchev–Trinajstić information content (AvgIpc) is 2.70. The standard InChI is InChI=1S/C19H23N5O2/c1-15(23-25)13-22-21-12-11-16-7-9-18(10-8-16)20-14-19(24-26)17-5-3-2-4-6-17/h2-10,15,19-20H,11-14H2,1H3. The zero-order chi connectivity index (χ0) is 18.6. The first-order chi connectivity index (χ1) is 12.7. The molecule has 136 valence electrons. The highest BCUT2D eigenvalue weighted by Gasteiger charge is 2.10. The molecule has 2 atom stereocenters. The fraction of sp³-hybridized carbons (Fsp3) is 0.368. The lowest BCUT2D eigenvalue weighted by atomic mass is 10.1. The second kappa shape index (κ2) is 10.8. The monoisotopic (exact) mass is 353 g/mol. The molecule has 0 saturated heterocycles. The highest BCUT2D eigenvalue weighted by atomic mass is 16.3. The van der Waals surface area contributed by atoms with Crippen molar-refractivity contribution in [3.63, 3.8) is 0 Å². The summed E-state index contributed by atoms with van der Waals surface area (Å²) in [6, 6.07) is 16.7. The normalized spacial score (nSPS) is 13.3. The van der Waals surface area contributed by atoms with Crippen molar-refractivity contribution in [3.8, 4) is 0 Å². The predicted octanol–water partition coefficient (Wildman–Crippen LogP) is 4.76. The number of hydrogen-bond donors (Lipinski definition) is 1. The van der Waals surface area contributed by atoms with E-state index >= 15 is 0 Å².